The number of benzene rings is 1. The SMILES string of the molecule is C=NO/N=C(\C)C=Nc1cc(C)ccc1NC.CN. The zero-order chi connectivity index (χ0) is 14.7. The second kappa shape index (κ2) is 9.78. The van der Waals surface area contributed by atoms with Crippen molar-refractivity contribution in [2.24, 2.45) is 21.0 Å². The van der Waals surface area contributed by atoms with Crippen molar-refractivity contribution < 1.29 is 4.94 Å². The Labute approximate surface area is 114 Å². The van der Waals surface area contributed by atoms with Gasteiger partial charge >= 0.3 is 0 Å². The monoisotopic (exact) mass is 263 g/mol. The van der Waals surface area contributed by atoms with Gasteiger partial charge in [0.05, 0.1) is 23.3 Å². The van der Waals surface area contributed by atoms with Gasteiger partial charge in [0.15, 0.2) is 0 Å². The van der Waals surface area contributed by atoms with Crippen LogP contribution in [0.3, 0.4) is 0 Å². The average molecular weight is 263 g/mol. The lowest BCUT2D eigenvalue weighted by Crippen LogP contribution is -1.94. The van der Waals surface area contributed by atoms with Crippen molar-refractivity contribution in [1.82, 2.24) is 0 Å². The zero-order valence-corrected chi connectivity index (χ0v) is 11.8. The molecule has 19 heavy (non-hydrogen) atoms. The molecule has 1 rings (SSSR count). The highest BCUT2D eigenvalue weighted by Gasteiger charge is 1.98. The molecule has 0 heterocycles. The topological polar surface area (TPSA) is 84.4 Å². The molecule has 1 aromatic carbocycles. The number of hydrogen-bond acceptors (Lipinski definition) is 6. The minimum Gasteiger partial charge on any atom is -0.386 e. The lowest BCUT2D eigenvalue weighted by Gasteiger charge is -2.05. The third-order valence-corrected chi connectivity index (χ3v) is 2.06. The fraction of sp³-hybridized carbons (Fsp3) is 0.308. The van der Waals surface area contributed by atoms with E-state index in [0.29, 0.717) is 5.71 Å². The molecule has 0 aliphatic rings. The van der Waals surface area contributed by atoms with E-state index in [2.05, 4.69) is 38.0 Å². The van der Waals surface area contributed by atoms with Gasteiger partial charge < -0.3 is 11.1 Å². The van der Waals surface area contributed by atoms with Gasteiger partial charge in [-0.3, -0.25) is 4.99 Å². The number of nitrogens with two attached hydrogens (primary N) is 1. The van der Waals surface area contributed by atoms with E-state index in [1.807, 2.05) is 32.2 Å². The summed E-state index contributed by atoms with van der Waals surface area (Å²) >= 11 is 0. The Morgan fingerprint density at radius 3 is 2.68 bits per heavy atom. The second-order valence-corrected chi connectivity index (χ2v) is 3.47. The molecule has 0 aliphatic heterocycles. The molecular weight excluding hydrogens is 242 g/mol. The first-order valence-corrected chi connectivity index (χ1v) is 5.74. The lowest BCUT2D eigenvalue weighted by molar-refractivity contribution is 0.159. The summed E-state index contributed by atoms with van der Waals surface area (Å²) in [6.07, 6.45) is 1.61. The Bertz CT molecular complexity index is 454. The predicted molar refractivity (Wildman–Crippen MR) is 82.7 cm³/mol. The summed E-state index contributed by atoms with van der Waals surface area (Å²) in [5.74, 6) is 0. The summed E-state index contributed by atoms with van der Waals surface area (Å²) in [5.41, 5.74) is 8.08. The number of anilines is 1. The van der Waals surface area contributed by atoms with E-state index in [1.54, 1.807) is 13.1 Å². The van der Waals surface area contributed by atoms with E-state index >= 15 is 0 Å². The summed E-state index contributed by atoms with van der Waals surface area (Å²) in [5, 5.41) is 9.90. The van der Waals surface area contributed by atoms with Gasteiger partial charge in [-0.2, -0.15) is 0 Å². The number of oxime groups is 2. The number of nitrogens with zero attached hydrogens (tertiary/aromatic N) is 3. The standard InChI is InChI=1S/C12H16N4O.CH5N/c1-9-5-6-11(13-3)12(7-9)15-8-10(2)16-17-14-4;1-2/h5-8,13H,4H2,1-3H3;2H2,1H3/b15-8?,16-10+;. The molecule has 1 aromatic rings. The summed E-state index contributed by atoms with van der Waals surface area (Å²) in [4.78, 5) is 8.79. The van der Waals surface area contributed by atoms with Gasteiger partial charge in [0.25, 0.3) is 0 Å². The highest BCUT2D eigenvalue weighted by molar-refractivity contribution is 6.29. The van der Waals surface area contributed by atoms with Crippen LogP contribution in [0.25, 0.3) is 0 Å². The molecule has 3 N–H and O–H groups in total. The molecule has 0 bridgehead atoms. The normalized spacial score (nSPS) is 10.7. The molecule has 6 nitrogen and oxygen atoms in total. The van der Waals surface area contributed by atoms with Crippen LogP contribution in [-0.2, 0) is 4.94 Å². The van der Waals surface area contributed by atoms with E-state index in [0.717, 1.165) is 16.9 Å². The Balaban J connectivity index is 0.00000154. The molecule has 0 spiro atoms. The number of nitrogens with one attached hydrogen (secondary N) is 1. The van der Waals surface area contributed by atoms with Gasteiger partial charge in [-0.25, -0.2) is 4.94 Å². The Kier molecular flexibility index (Phi) is 8.64. The number of hydrogen-bond donors (Lipinski definition) is 2. The Hall–Kier alpha value is -2.21. The zero-order valence-electron chi connectivity index (χ0n) is 11.8. The van der Waals surface area contributed by atoms with Crippen molar-refractivity contribution >= 4 is 30.0 Å². The molecular formula is C13H21N5O. The second-order valence-electron chi connectivity index (χ2n) is 3.47. The van der Waals surface area contributed by atoms with E-state index in [9.17, 15) is 0 Å². The molecule has 0 atom stereocenters. The van der Waals surface area contributed by atoms with E-state index < -0.39 is 0 Å². The van der Waals surface area contributed by atoms with Crippen LogP contribution < -0.4 is 11.1 Å². The third kappa shape index (κ3) is 6.32. The van der Waals surface area contributed by atoms with Gasteiger partial charge in [-0.15, -0.1) is 0 Å². The molecule has 0 radical (unpaired) electrons. The molecule has 0 aliphatic carbocycles. The molecule has 0 saturated heterocycles. The molecule has 6 heteroatoms. The fourth-order valence-electron chi connectivity index (χ4n) is 1.24. The van der Waals surface area contributed by atoms with Crippen LogP contribution in [0, 0.1) is 6.92 Å². The Morgan fingerprint density at radius 1 is 1.42 bits per heavy atom. The maximum absolute atomic E-state index is 4.50. The lowest BCUT2D eigenvalue weighted by atomic mass is 10.2. The molecule has 0 saturated carbocycles. The van der Waals surface area contributed by atoms with Crippen LogP contribution in [-0.4, -0.2) is 32.7 Å². The minimum absolute atomic E-state index is 0.612. The maximum Gasteiger partial charge on any atom is 0.0981 e. The first-order chi connectivity index (χ1) is 9.17. The van der Waals surface area contributed by atoms with Crippen LogP contribution in [0.1, 0.15) is 12.5 Å². The van der Waals surface area contributed by atoms with Crippen LogP contribution in [0.15, 0.2) is 33.5 Å². The Morgan fingerprint density at radius 2 is 2.11 bits per heavy atom. The fourth-order valence-corrected chi connectivity index (χ4v) is 1.24. The summed E-state index contributed by atoms with van der Waals surface area (Å²) in [6, 6.07) is 6.00. The van der Waals surface area contributed by atoms with Gasteiger partial charge in [0.1, 0.15) is 0 Å². The first kappa shape index (κ1) is 16.8. The summed E-state index contributed by atoms with van der Waals surface area (Å²) in [7, 11) is 3.36. The molecule has 0 unspecified atom stereocenters. The van der Waals surface area contributed by atoms with Crippen LogP contribution in [0.2, 0.25) is 0 Å². The minimum atomic E-state index is 0.612. The van der Waals surface area contributed by atoms with Gasteiger partial charge in [-0.1, -0.05) is 16.4 Å². The van der Waals surface area contributed by atoms with E-state index in [4.69, 9.17) is 0 Å². The van der Waals surface area contributed by atoms with Crippen LogP contribution in [0.4, 0.5) is 11.4 Å². The van der Waals surface area contributed by atoms with Crippen molar-refractivity contribution in [1.29, 1.82) is 0 Å². The number of aryl methyl sites for hydroxylation is 1. The highest BCUT2D eigenvalue weighted by atomic mass is 16.8. The van der Waals surface area contributed by atoms with Crippen molar-refractivity contribution in [3.05, 3.63) is 23.8 Å². The van der Waals surface area contributed by atoms with Gasteiger partial charge in [-0.05, 0) is 38.6 Å². The quantitative estimate of drug-likeness (QED) is 0.631. The van der Waals surface area contributed by atoms with E-state index in [-0.39, 0.29) is 0 Å². The van der Waals surface area contributed by atoms with Gasteiger partial charge in [0.2, 0.25) is 0 Å². The third-order valence-electron chi connectivity index (χ3n) is 2.06. The van der Waals surface area contributed by atoms with Crippen molar-refractivity contribution in [3.63, 3.8) is 0 Å². The summed E-state index contributed by atoms with van der Waals surface area (Å²) < 4.78 is 0. The van der Waals surface area contributed by atoms with Crippen molar-refractivity contribution in [3.8, 4) is 0 Å². The smallest absolute Gasteiger partial charge is 0.0981 e. The molecule has 0 aromatic heterocycles. The molecule has 104 valence electrons. The maximum atomic E-state index is 4.50. The van der Waals surface area contributed by atoms with Crippen molar-refractivity contribution in [2.45, 2.75) is 13.8 Å². The molecule has 0 fully saturated rings. The van der Waals surface area contributed by atoms with Crippen LogP contribution >= 0.6 is 0 Å². The predicted octanol–water partition coefficient (Wildman–Crippen LogP) is 2.32. The summed E-state index contributed by atoms with van der Waals surface area (Å²) in [6.45, 7) is 6.94. The average Bonchev–Trinajstić information content (AvgIpc) is 2.45. The highest BCUT2D eigenvalue weighted by Crippen LogP contribution is 2.25. The van der Waals surface area contributed by atoms with Crippen LogP contribution in [0.5, 0.6) is 0 Å². The first-order valence-electron chi connectivity index (χ1n) is 5.74. The largest absolute Gasteiger partial charge is 0.386 e. The van der Waals surface area contributed by atoms with Crippen molar-refractivity contribution in [2.75, 3.05) is 19.4 Å². The number of rotatable bonds is 5. The van der Waals surface area contributed by atoms with Gasteiger partial charge in [0, 0.05) is 13.8 Å². The number of aliphatic imine (C=N–C) groups is 1. The van der Waals surface area contributed by atoms with E-state index in [1.165, 1.54) is 7.05 Å². The molecule has 0 amide bonds.